The lowest BCUT2D eigenvalue weighted by Crippen LogP contribution is -2.33. The van der Waals surface area contributed by atoms with E-state index in [-0.39, 0.29) is 11.9 Å². The Bertz CT molecular complexity index is 534. The van der Waals surface area contributed by atoms with Gasteiger partial charge in [-0.25, -0.2) is 0 Å². The molecular formula is C15H18N2O2. The first-order valence-corrected chi connectivity index (χ1v) is 6.43. The molecule has 0 aliphatic heterocycles. The summed E-state index contributed by atoms with van der Waals surface area (Å²) in [5.41, 5.74) is 1.62. The maximum Gasteiger partial charge on any atom is 0.273 e. The van der Waals surface area contributed by atoms with Crippen molar-refractivity contribution in [1.29, 1.82) is 0 Å². The molecule has 0 spiro atoms. The van der Waals surface area contributed by atoms with Crippen LogP contribution in [0.15, 0.2) is 40.9 Å². The summed E-state index contributed by atoms with van der Waals surface area (Å²) >= 11 is 0. The van der Waals surface area contributed by atoms with Gasteiger partial charge in [-0.3, -0.25) is 4.79 Å². The first-order chi connectivity index (χ1) is 9.15. The first kappa shape index (κ1) is 13.3. The number of rotatable bonds is 5. The summed E-state index contributed by atoms with van der Waals surface area (Å²) < 4.78 is 4.89. The molecule has 1 atom stereocenters. The van der Waals surface area contributed by atoms with Gasteiger partial charge in [-0.05, 0) is 32.3 Å². The average molecular weight is 258 g/mol. The van der Waals surface area contributed by atoms with E-state index in [1.54, 1.807) is 13.0 Å². The highest BCUT2D eigenvalue weighted by Gasteiger charge is 2.13. The number of nitrogens with zero attached hydrogens (tertiary/aromatic N) is 1. The molecule has 2 rings (SSSR count). The van der Waals surface area contributed by atoms with E-state index in [0.29, 0.717) is 11.5 Å². The van der Waals surface area contributed by atoms with Crippen molar-refractivity contribution in [2.75, 3.05) is 0 Å². The van der Waals surface area contributed by atoms with Crippen molar-refractivity contribution in [3.63, 3.8) is 0 Å². The highest BCUT2D eigenvalue weighted by atomic mass is 16.5. The summed E-state index contributed by atoms with van der Waals surface area (Å²) in [6.45, 7) is 3.76. The quantitative estimate of drug-likeness (QED) is 0.897. The molecule has 4 nitrogen and oxygen atoms in total. The van der Waals surface area contributed by atoms with Crippen LogP contribution in [0.3, 0.4) is 0 Å². The Hall–Kier alpha value is -2.10. The normalized spacial score (nSPS) is 12.1. The van der Waals surface area contributed by atoms with Crippen molar-refractivity contribution in [1.82, 2.24) is 10.5 Å². The van der Waals surface area contributed by atoms with Gasteiger partial charge in [0.1, 0.15) is 5.76 Å². The number of hydrogen-bond donors (Lipinski definition) is 1. The molecule has 4 heteroatoms. The van der Waals surface area contributed by atoms with E-state index in [4.69, 9.17) is 4.52 Å². The minimum Gasteiger partial charge on any atom is -0.361 e. The molecule has 0 saturated heterocycles. The van der Waals surface area contributed by atoms with Gasteiger partial charge in [-0.15, -0.1) is 0 Å². The minimum absolute atomic E-state index is 0.102. The summed E-state index contributed by atoms with van der Waals surface area (Å²) in [4.78, 5) is 11.8. The van der Waals surface area contributed by atoms with Gasteiger partial charge >= 0.3 is 0 Å². The van der Waals surface area contributed by atoms with Crippen LogP contribution in [0, 0.1) is 6.92 Å². The van der Waals surface area contributed by atoms with Gasteiger partial charge in [0.05, 0.1) is 0 Å². The second kappa shape index (κ2) is 6.18. The minimum atomic E-state index is -0.183. The lowest BCUT2D eigenvalue weighted by molar-refractivity contribution is 0.0929. The second-order valence-electron chi connectivity index (χ2n) is 4.72. The summed E-state index contributed by atoms with van der Waals surface area (Å²) in [5, 5.41) is 6.62. The van der Waals surface area contributed by atoms with E-state index in [1.807, 2.05) is 25.1 Å². The lowest BCUT2D eigenvalue weighted by atomic mass is 10.1. The molecule has 0 saturated carbocycles. The maximum atomic E-state index is 11.8. The van der Waals surface area contributed by atoms with E-state index in [9.17, 15) is 4.79 Å². The van der Waals surface area contributed by atoms with Gasteiger partial charge in [-0.1, -0.05) is 35.5 Å². The molecule has 0 bridgehead atoms. The van der Waals surface area contributed by atoms with E-state index in [1.165, 1.54) is 5.56 Å². The van der Waals surface area contributed by atoms with Gasteiger partial charge in [0.25, 0.3) is 5.91 Å². The summed E-state index contributed by atoms with van der Waals surface area (Å²) in [6.07, 6.45) is 1.84. The maximum absolute atomic E-state index is 11.8. The number of carbonyl (C=O) groups excluding carboxylic acids is 1. The number of aromatic nitrogens is 1. The Kier molecular flexibility index (Phi) is 4.34. The predicted octanol–water partition coefficient (Wildman–Crippen LogP) is 2.73. The molecule has 1 amide bonds. The molecule has 0 unspecified atom stereocenters. The highest BCUT2D eigenvalue weighted by molar-refractivity contribution is 5.92. The van der Waals surface area contributed by atoms with Gasteiger partial charge in [-0.2, -0.15) is 0 Å². The summed E-state index contributed by atoms with van der Waals surface area (Å²) in [5.74, 6) is 0.458. The van der Waals surface area contributed by atoms with Crippen LogP contribution in [0.2, 0.25) is 0 Å². The fourth-order valence-corrected chi connectivity index (χ4v) is 1.87. The topological polar surface area (TPSA) is 55.1 Å². The smallest absolute Gasteiger partial charge is 0.273 e. The molecule has 1 aromatic carbocycles. The number of carbonyl (C=O) groups is 1. The molecule has 19 heavy (non-hydrogen) atoms. The van der Waals surface area contributed by atoms with E-state index in [0.717, 1.165) is 12.8 Å². The van der Waals surface area contributed by atoms with E-state index >= 15 is 0 Å². The zero-order valence-electron chi connectivity index (χ0n) is 11.2. The number of hydrogen-bond acceptors (Lipinski definition) is 3. The van der Waals surface area contributed by atoms with Gasteiger partial charge in [0.15, 0.2) is 5.69 Å². The SMILES string of the molecule is Cc1cc(C(=O)N[C@@H](C)CCc2ccccc2)no1. The van der Waals surface area contributed by atoms with Crippen molar-refractivity contribution >= 4 is 5.91 Å². The van der Waals surface area contributed by atoms with Crippen LogP contribution in [0.1, 0.15) is 35.2 Å². The van der Waals surface area contributed by atoms with Crippen molar-refractivity contribution < 1.29 is 9.32 Å². The van der Waals surface area contributed by atoms with Crippen LogP contribution < -0.4 is 5.32 Å². The molecule has 0 aliphatic rings. The molecule has 1 aromatic heterocycles. The summed E-state index contributed by atoms with van der Waals surface area (Å²) in [6, 6.07) is 12.0. The van der Waals surface area contributed by atoms with Crippen LogP contribution >= 0.6 is 0 Å². The Morgan fingerprint density at radius 3 is 2.74 bits per heavy atom. The number of benzene rings is 1. The first-order valence-electron chi connectivity index (χ1n) is 6.43. The van der Waals surface area contributed by atoms with Gasteiger partial charge in [0, 0.05) is 12.1 Å². The highest BCUT2D eigenvalue weighted by Crippen LogP contribution is 2.06. The summed E-state index contributed by atoms with van der Waals surface area (Å²) in [7, 11) is 0. The van der Waals surface area contributed by atoms with E-state index in [2.05, 4.69) is 22.6 Å². The molecule has 1 N–H and O–H groups in total. The van der Waals surface area contributed by atoms with E-state index < -0.39 is 0 Å². The fourth-order valence-electron chi connectivity index (χ4n) is 1.87. The van der Waals surface area contributed by atoms with Crippen molar-refractivity contribution in [3.05, 3.63) is 53.4 Å². The molecular weight excluding hydrogens is 240 g/mol. The third-order valence-corrected chi connectivity index (χ3v) is 2.95. The molecule has 0 radical (unpaired) electrons. The van der Waals surface area contributed by atoms with Crippen molar-refractivity contribution in [2.45, 2.75) is 32.7 Å². The van der Waals surface area contributed by atoms with Gasteiger partial charge < -0.3 is 9.84 Å². The fraction of sp³-hybridized carbons (Fsp3) is 0.333. The van der Waals surface area contributed by atoms with Crippen molar-refractivity contribution in [2.24, 2.45) is 0 Å². The zero-order valence-corrected chi connectivity index (χ0v) is 11.2. The molecule has 0 aliphatic carbocycles. The van der Waals surface area contributed by atoms with Gasteiger partial charge in [0.2, 0.25) is 0 Å². The molecule has 100 valence electrons. The van der Waals surface area contributed by atoms with Crippen LogP contribution in [-0.2, 0) is 6.42 Å². The Balaban J connectivity index is 1.81. The van der Waals surface area contributed by atoms with Crippen LogP contribution in [0.25, 0.3) is 0 Å². The number of amides is 1. The largest absolute Gasteiger partial charge is 0.361 e. The number of aryl methyl sites for hydroxylation is 2. The third kappa shape index (κ3) is 3.95. The Morgan fingerprint density at radius 2 is 2.11 bits per heavy atom. The molecule has 1 heterocycles. The molecule has 0 fully saturated rings. The third-order valence-electron chi connectivity index (χ3n) is 2.95. The molecule has 2 aromatic rings. The lowest BCUT2D eigenvalue weighted by Gasteiger charge is -2.12. The van der Waals surface area contributed by atoms with Crippen molar-refractivity contribution in [3.8, 4) is 0 Å². The zero-order chi connectivity index (χ0) is 13.7. The number of nitrogens with one attached hydrogen (secondary N) is 1. The predicted molar refractivity (Wildman–Crippen MR) is 72.9 cm³/mol. The standard InChI is InChI=1S/C15H18N2O2/c1-11(8-9-13-6-4-3-5-7-13)16-15(18)14-10-12(2)19-17-14/h3-7,10-11H,8-9H2,1-2H3,(H,16,18)/t11-/m0/s1. The van der Waals surface area contributed by atoms with Crippen LogP contribution in [-0.4, -0.2) is 17.1 Å². The Labute approximate surface area is 112 Å². The van der Waals surface area contributed by atoms with Crippen LogP contribution in [0.4, 0.5) is 0 Å². The Morgan fingerprint density at radius 1 is 1.37 bits per heavy atom. The monoisotopic (exact) mass is 258 g/mol. The second-order valence-corrected chi connectivity index (χ2v) is 4.72. The van der Waals surface area contributed by atoms with Crippen LogP contribution in [0.5, 0.6) is 0 Å². The average Bonchev–Trinajstić information content (AvgIpc) is 2.84.